The van der Waals surface area contributed by atoms with Crippen molar-refractivity contribution in [3.8, 4) is 11.5 Å². The number of benzene rings is 1. The number of thiazole rings is 1. The van der Waals surface area contributed by atoms with E-state index in [4.69, 9.17) is 9.47 Å². The van der Waals surface area contributed by atoms with E-state index in [0.717, 1.165) is 54.2 Å². The van der Waals surface area contributed by atoms with Gasteiger partial charge in [0.25, 0.3) is 0 Å². The van der Waals surface area contributed by atoms with E-state index < -0.39 is 0 Å². The van der Waals surface area contributed by atoms with Gasteiger partial charge in [0.05, 0.1) is 31.0 Å². The Hall–Kier alpha value is -2.32. The van der Waals surface area contributed by atoms with Crippen LogP contribution in [0.3, 0.4) is 0 Å². The summed E-state index contributed by atoms with van der Waals surface area (Å²) in [4.78, 5) is 11.5. The van der Waals surface area contributed by atoms with Gasteiger partial charge in [0.2, 0.25) is 0 Å². The topological polar surface area (TPSA) is 71.0 Å². The standard InChI is InChI=1S/C23H35N5O2S/c1-16(21-12-20(29-4)6-7-22(21)30-5)26-23(24-3)25-13-18-8-10-28(11-9-18)14-19-15-31-17(2)27-19/h6-7,12,15-16,18H,8-11,13-14H2,1-5H3,(H2,24,25,26). The number of nitrogens with one attached hydrogen (secondary N) is 2. The second-order valence-electron chi connectivity index (χ2n) is 8.00. The SMILES string of the molecule is CN=C(NCC1CCN(Cc2csc(C)n2)CC1)NC(C)c1cc(OC)ccc1OC. The van der Waals surface area contributed by atoms with Crippen LogP contribution in [-0.4, -0.2) is 56.7 Å². The number of aryl methyl sites for hydroxylation is 1. The van der Waals surface area contributed by atoms with E-state index in [1.807, 2.05) is 25.2 Å². The monoisotopic (exact) mass is 445 g/mol. The van der Waals surface area contributed by atoms with Crippen LogP contribution in [0.4, 0.5) is 0 Å². The average Bonchev–Trinajstić information content (AvgIpc) is 3.21. The van der Waals surface area contributed by atoms with Crippen LogP contribution in [0.5, 0.6) is 11.5 Å². The van der Waals surface area contributed by atoms with Crippen molar-refractivity contribution in [2.75, 3.05) is 40.9 Å². The molecule has 0 saturated carbocycles. The molecule has 3 rings (SSSR count). The number of piperidine rings is 1. The van der Waals surface area contributed by atoms with Crippen molar-refractivity contribution >= 4 is 17.3 Å². The molecule has 1 aromatic carbocycles. The summed E-state index contributed by atoms with van der Waals surface area (Å²) in [6.07, 6.45) is 2.37. The third-order valence-corrected chi connectivity index (χ3v) is 6.62. The molecule has 0 bridgehead atoms. The molecule has 1 saturated heterocycles. The maximum absolute atomic E-state index is 5.53. The molecule has 8 heteroatoms. The fourth-order valence-corrected chi connectivity index (χ4v) is 4.56. The molecule has 1 aromatic heterocycles. The van der Waals surface area contributed by atoms with Crippen molar-refractivity contribution in [1.29, 1.82) is 0 Å². The molecule has 1 aliphatic heterocycles. The fourth-order valence-electron chi connectivity index (χ4n) is 3.95. The predicted octanol–water partition coefficient (Wildman–Crippen LogP) is 3.61. The number of hydrogen-bond donors (Lipinski definition) is 2. The van der Waals surface area contributed by atoms with E-state index in [0.29, 0.717) is 5.92 Å². The zero-order valence-electron chi connectivity index (χ0n) is 19.3. The number of nitrogens with zero attached hydrogens (tertiary/aromatic N) is 3. The molecule has 7 nitrogen and oxygen atoms in total. The van der Waals surface area contributed by atoms with E-state index in [1.165, 1.54) is 18.5 Å². The Labute approximate surface area is 189 Å². The Bertz CT molecular complexity index is 861. The van der Waals surface area contributed by atoms with Gasteiger partial charge in [-0.15, -0.1) is 11.3 Å². The van der Waals surface area contributed by atoms with Gasteiger partial charge in [-0.2, -0.15) is 0 Å². The van der Waals surface area contributed by atoms with Gasteiger partial charge in [0.15, 0.2) is 5.96 Å². The van der Waals surface area contributed by atoms with Crippen molar-refractivity contribution in [2.24, 2.45) is 10.9 Å². The maximum atomic E-state index is 5.53. The van der Waals surface area contributed by atoms with Crippen molar-refractivity contribution in [3.05, 3.63) is 39.8 Å². The van der Waals surface area contributed by atoms with Gasteiger partial charge in [0, 0.05) is 31.1 Å². The molecule has 0 aliphatic carbocycles. The molecule has 1 aliphatic rings. The zero-order chi connectivity index (χ0) is 22.2. The second kappa shape index (κ2) is 11.3. The van der Waals surface area contributed by atoms with Crippen molar-refractivity contribution < 1.29 is 9.47 Å². The largest absolute Gasteiger partial charge is 0.497 e. The van der Waals surface area contributed by atoms with Gasteiger partial charge < -0.3 is 20.1 Å². The third-order valence-electron chi connectivity index (χ3n) is 5.80. The van der Waals surface area contributed by atoms with E-state index >= 15 is 0 Å². The summed E-state index contributed by atoms with van der Waals surface area (Å²) in [5.41, 5.74) is 2.24. The number of rotatable bonds is 8. The van der Waals surface area contributed by atoms with E-state index in [-0.39, 0.29) is 6.04 Å². The lowest BCUT2D eigenvalue weighted by atomic mass is 9.97. The van der Waals surface area contributed by atoms with E-state index in [2.05, 4.69) is 44.7 Å². The number of likely N-dealkylation sites (tertiary alicyclic amines) is 1. The summed E-state index contributed by atoms with van der Waals surface area (Å²) in [7, 11) is 5.17. The minimum absolute atomic E-state index is 0.0275. The minimum Gasteiger partial charge on any atom is -0.497 e. The lowest BCUT2D eigenvalue weighted by Crippen LogP contribution is -2.43. The number of aliphatic imine (C=N–C) groups is 1. The van der Waals surface area contributed by atoms with Crippen molar-refractivity contribution in [2.45, 2.75) is 39.3 Å². The summed E-state index contributed by atoms with van der Waals surface area (Å²) < 4.78 is 10.9. The number of aromatic nitrogens is 1. The van der Waals surface area contributed by atoms with Crippen LogP contribution in [0.2, 0.25) is 0 Å². The van der Waals surface area contributed by atoms with Crippen LogP contribution in [0.15, 0.2) is 28.6 Å². The van der Waals surface area contributed by atoms with Gasteiger partial charge in [-0.3, -0.25) is 9.89 Å². The highest BCUT2D eigenvalue weighted by molar-refractivity contribution is 7.09. The van der Waals surface area contributed by atoms with E-state index in [1.54, 1.807) is 25.6 Å². The highest BCUT2D eigenvalue weighted by Gasteiger charge is 2.21. The van der Waals surface area contributed by atoms with Gasteiger partial charge >= 0.3 is 0 Å². The van der Waals surface area contributed by atoms with Crippen LogP contribution < -0.4 is 20.1 Å². The molecule has 170 valence electrons. The number of ether oxygens (including phenoxy) is 2. The Morgan fingerprint density at radius 2 is 2.06 bits per heavy atom. The first-order chi connectivity index (χ1) is 15.0. The van der Waals surface area contributed by atoms with Crippen LogP contribution in [-0.2, 0) is 6.54 Å². The molecule has 2 N–H and O–H groups in total. The fraction of sp³-hybridized carbons (Fsp3) is 0.565. The summed E-state index contributed by atoms with van der Waals surface area (Å²) in [6, 6.07) is 5.87. The van der Waals surface area contributed by atoms with Crippen molar-refractivity contribution in [1.82, 2.24) is 20.5 Å². The average molecular weight is 446 g/mol. The van der Waals surface area contributed by atoms with Crippen LogP contribution in [0, 0.1) is 12.8 Å². The van der Waals surface area contributed by atoms with Crippen LogP contribution in [0.1, 0.15) is 42.1 Å². The first kappa shape index (κ1) is 23.3. The molecular weight excluding hydrogens is 410 g/mol. The van der Waals surface area contributed by atoms with Crippen LogP contribution in [0.25, 0.3) is 0 Å². The van der Waals surface area contributed by atoms with Gasteiger partial charge in [-0.05, 0) is 63.9 Å². The summed E-state index contributed by atoms with van der Waals surface area (Å²) >= 11 is 1.73. The Morgan fingerprint density at radius 1 is 1.29 bits per heavy atom. The lowest BCUT2D eigenvalue weighted by molar-refractivity contribution is 0.176. The zero-order valence-corrected chi connectivity index (χ0v) is 20.1. The molecular formula is C23H35N5O2S. The summed E-state index contributed by atoms with van der Waals surface area (Å²) in [6.45, 7) is 8.29. The van der Waals surface area contributed by atoms with Gasteiger partial charge in [-0.25, -0.2) is 4.98 Å². The maximum Gasteiger partial charge on any atom is 0.191 e. The molecule has 1 unspecified atom stereocenters. The number of guanidine groups is 1. The Kier molecular flexibility index (Phi) is 8.54. The minimum atomic E-state index is 0.0275. The van der Waals surface area contributed by atoms with Gasteiger partial charge in [-0.1, -0.05) is 0 Å². The molecule has 1 atom stereocenters. The Morgan fingerprint density at radius 3 is 2.68 bits per heavy atom. The van der Waals surface area contributed by atoms with Crippen molar-refractivity contribution in [3.63, 3.8) is 0 Å². The first-order valence-corrected chi connectivity index (χ1v) is 11.7. The number of hydrogen-bond acceptors (Lipinski definition) is 6. The normalized spacial score (nSPS) is 16.7. The lowest BCUT2D eigenvalue weighted by Gasteiger charge is -2.32. The molecule has 1 fully saturated rings. The molecule has 2 heterocycles. The summed E-state index contributed by atoms with van der Waals surface area (Å²) in [5, 5.41) is 10.3. The van der Waals surface area contributed by atoms with Gasteiger partial charge in [0.1, 0.15) is 11.5 Å². The predicted molar refractivity (Wildman–Crippen MR) is 127 cm³/mol. The van der Waals surface area contributed by atoms with Crippen LogP contribution >= 0.6 is 11.3 Å². The third kappa shape index (κ3) is 6.58. The molecule has 0 amide bonds. The molecule has 31 heavy (non-hydrogen) atoms. The molecule has 0 radical (unpaired) electrons. The second-order valence-corrected chi connectivity index (χ2v) is 9.07. The summed E-state index contributed by atoms with van der Waals surface area (Å²) in [5.74, 6) is 3.09. The number of methoxy groups -OCH3 is 2. The van der Waals surface area contributed by atoms with E-state index in [9.17, 15) is 0 Å². The molecule has 0 spiro atoms. The molecule has 2 aromatic rings. The smallest absolute Gasteiger partial charge is 0.191 e. The Balaban J connectivity index is 1.47. The quantitative estimate of drug-likeness (QED) is 0.478. The highest BCUT2D eigenvalue weighted by atomic mass is 32.1. The highest BCUT2D eigenvalue weighted by Crippen LogP contribution is 2.29. The first-order valence-electron chi connectivity index (χ1n) is 10.8.